The summed E-state index contributed by atoms with van der Waals surface area (Å²) in [5.41, 5.74) is 5.93. The van der Waals surface area contributed by atoms with Gasteiger partial charge in [-0.2, -0.15) is 0 Å². The summed E-state index contributed by atoms with van der Waals surface area (Å²) in [5.74, 6) is -1.11. The minimum absolute atomic E-state index is 0.0824. The number of amides is 1. The standard InChI is InChI=1S/C13H9BrClFN2O/c14-9-5-4-7(6-10(9)15)18-13(19)8-2-1-3-11(16)12(8)17/h1-6H,17H2,(H,18,19). The maximum absolute atomic E-state index is 13.3. The first-order valence-electron chi connectivity index (χ1n) is 5.29. The first kappa shape index (κ1) is 13.8. The van der Waals surface area contributed by atoms with E-state index in [1.807, 2.05) is 0 Å². The van der Waals surface area contributed by atoms with Gasteiger partial charge in [0.2, 0.25) is 0 Å². The SMILES string of the molecule is Nc1c(F)cccc1C(=O)Nc1ccc(Br)c(Cl)c1. The molecule has 2 aromatic carbocycles. The van der Waals surface area contributed by atoms with Crippen molar-refractivity contribution in [3.8, 4) is 0 Å². The number of benzene rings is 2. The number of halogens is 3. The molecule has 2 aromatic rings. The van der Waals surface area contributed by atoms with Crippen LogP contribution in [0.25, 0.3) is 0 Å². The van der Waals surface area contributed by atoms with Crippen LogP contribution in [0.3, 0.4) is 0 Å². The van der Waals surface area contributed by atoms with Crippen molar-refractivity contribution in [2.45, 2.75) is 0 Å². The van der Waals surface area contributed by atoms with Crippen molar-refractivity contribution in [3.05, 3.63) is 57.3 Å². The fourth-order valence-corrected chi connectivity index (χ4v) is 1.93. The topological polar surface area (TPSA) is 55.1 Å². The molecule has 0 aliphatic carbocycles. The highest BCUT2D eigenvalue weighted by atomic mass is 79.9. The number of rotatable bonds is 2. The van der Waals surface area contributed by atoms with Crippen molar-refractivity contribution in [2.24, 2.45) is 0 Å². The quantitative estimate of drug-likeness (QED) is 0.807. The molecule has 0 fully saturated rings. The van der Waals surface area contributed by atoms with Crippen LogP contribution in [0.5, 0.6) is 0 Å². The van der Waals surface area contributed by atoms with Crippen molar-refractivity contribution in [2.75, 3.05) is 11.1 Å². The lowest BCUT2D eigenvalue weighted by Gasteiger charge is -2.08. The number of anilines is 2. The lowest BCUT2D eigenvalue weighted by Crippen LogP contribution is -2.14. The molecule has 0 heterocycles. The number of nitrogens with two attached hydrogens (primary N) is 1. The molecule has 0 unspecified atom stereocenters. The van der Waals surface area contributed by atoms with Crippen LogP contribution in [-0.4, -0.2) is 5.91 Å². The summed E-state index contributed by atoms with van der Waals surface area (Å²) in [5, 5.41) is 3.07. The van der Waals surface area contributed by atoms with Gasteiger partial charge in [-0.15, -0.1) is 0 Å². The van der Waals surface area contributed by atoms with Gasteiger partial charge in [-0.1, -0.05) is 17.7 Å². The van der Waals surface area contributed by atoms with Gasteiger partial charge in [0.25, 0.3) is 5.91 Å². The molecule has 0 aliphatic heterocycles. The molecule has 19 heavy (non-hydrogen) atoms. The van der Waals surface area contributed by atoms with E-state index in [0.717, 1.165) is 4.47 Å². The Morgan fingerprint density at radius 3 is 2.74 bits per heavy atom. The van der Waals surface area contributed by atoms with Gasteiger partial charge in [-0.3, -0.25) is 4.79 Å². The zero-order valence-corrected chi connectivity index (χ0v) is 11.9. The Morgan fingerprint density at radius 2 is 2.05 bits per heavy atom. The van der Waals surface area contributed by atoms with E-state index in [0.29, 0.717) is 10.7 Å². The first-order chi connectivity index (χ1) is 8.99. The third kappa shape index (κ3) is 3.05. The highest BCUT2D eigenvalue weighted by Crippen LogP contribution is 2.26. The molecular formula is C13H9BrClFN2O. The molecule has 0 atom stereocenters. The molecule has 0 aliphatic rings. The minimum Gasteiger partial charge on any atom is -0.396 e. The van der Waals surface area contributed by atoms with Crippen LogP contribution in [0.1, 0.15) is 10.4 Å². The minimum atomic E-state index is -0.624. The van der Waals surface area contributed by atoms with Crippen LogP contribution in [0.15, 0.2) is 40.9 Å². The van der Waals surface area contributed by atoms with Gasteiger partial charge < -0.3 is 11.1 Å². The zero-order valence-electron chi connectivity index (χ0n) is 9.58. The van der Waals surface area contributed by atoms with Crippen LogP contribution in [0.2, 0.25) is 5.02 Å². The van der Waals surface area contributed by atoms with Crippen LogP contribution in [-0.2, 0) is 0 Å². The van der Waals surface area contributed by atoms with Crippen molar-refractivity contribution >= 4 is 44.8 Å². The molecule has 2 rings (SSSR count). The molecule has 0 bridgehead atoms. The predicted octanol–water partition coefficient (Wildman–Crippen LogP) is 4.08. The Morgan fingerprint density at radius 1 is 1.32 bits per heavy atom. The van der Waals surface area contributed by atoms with E-state index in [1.165, 1.54) is 18.2 Å². The van der Waals surface area contributed by atoms with Gasteiger partial charge in [0.1, 0.15) is 5.82 Å². The summed E-state index contributed by atoms with van der Waals surface area (Å²) < 4.78 is 14.0. The molecule has 3 N–H and O–H groups in total. The Hall–Kier alpha value is -1.59. The number of para-hydroxylation sites is 1. The molecule has 1 amide bonds. The Kier molecular flexibility index (Phi) is 4.07. The van der Waals surface area contributed by atoms with Crippen molar-refractivity contribution in [1.29, 1.82) is 0 Å². The Bertz CT molecular complexity index is 649. The third-order valence-corrected chi connectivity index (χ3v) is 3.71. The Labute approximate surface area is 122 Å². The van der Waals surface area contributed by atoms with Gasteiger partial charge in [-0.05, 0) is 46.3 Å². The second kappa shape index (κ2) is 5.59. The maximum Gasteiger partial charge on any atom is 0.257 e. The van der Waals surface area contributed by atoms with Crippen molar-refractivity contribution in [1.82, 2.24) is 0 Å². The molecular weight excluding hydrogens is 335 g/mol. The fourth-order valence-electron chi connectivity index (χ4n) is 1.51. The van der Waals surface area contributed by atoms with Crippen molar-refractivity contribution < 1.29 is 9.18 Å². The summed E-state index contributed by atoms with van der Waals surface area (Å²) in [7, 11) is 0. The second-order valence-electron chi connectivity index (χ2n) is 3.78. The molecule has 0 aromatic heterocycles. The normalized spacial score (nSPS) is 10.3. The van der Waals surface area contributed by atoms with Crippen molar-refractivity contribution in [3.63, 3.8) is 0 Å². The zero-order chi connectivity index (χ0) is 14.0. The summed E-state index contributed by atoms with van der Waals surface area (Å²) in [6.45, 7) is 0. The maximum atomic E-state index is 13.3. The summed E-state index contributed by atoms with van der Waals surface area (Å²) in [6, 6.07) is 9.03. The highest BCUT2D eigenvalue weighted by Gasteiger charge is 2.13. The van der Waals surface area contributed by atoms with Gasteiger partial charge in [0.15, 0.2) is 0 Å². The van der Waals surface area contributed by atoms with E-state index in [2.05, 4.69) is 21.2 Å². The predicted molar refractivity (Wildman–Crippen MR) is 77.9 cm³/mol. The number of carbonyl (C=O) groups is 1. The molecule has 3 nitrogen and oxygen atoms in total. The van der Waals surface area contributed by atoms with Crippen LogP contribution in [0.4, 0.5) is 15.8 Å². The molecule has 0 spiro atoms. The largest absolute Gasteiger partial charge is 0.396 e. The summed E-state index contributed by atoms with van der Waals surface area (Å²) in [6.07, 6.45) is 0. The van der Waals surface area contributed by atoms with E-state index >= 15 is 0 Å². The Balaban J connectivity index is 2.26. The van der Waals surface area contributed by atoms with E-state index in [-0.39, 0.29) is 11.3 Å². The third-order valence-electron chi connectivity index (χ3n) is 2.48. The molecule has 0 radical (unpaired) electrons. The van der Waals surface area contributed by atoms with Gasteiger partial charge in [0.05, 0.1) is 16.3 Å². The lowest BCUT2D eigenvalue weighted by molar-refractivity contribution is 0.102. The number of hydrogen-bond acceptors (Lipinski definition) is 2. The van der Waals surface area contributed by atoms with Crippen LogP contribution < -0.4 is 11.1 Å². The van der Waals surface area contributed by atoms with Gasteiger partial charge in [0, 0.05) is 10.2 Å². The van der Waals surface area contributed by atoms with Gasteiger partial charge in [-0.25, -0.2) is 4.39 Å². The molecule has 0 saturated carbocycles. The smallest absolute Gasteiger partial charge is 0.257 e. The monoisotopic (exact) mass is 342 g/mol. The van der Waals surface area contributed by atoms with E-state index < -0.39 is 11.7 Å². The van der Waals surface area contributed by atoms with E-state index in [1.54, 1.807) is 18.2 Å². The average Bonchev–Trinajstić information content (AvgIpc) is 2.37. The number of nitrogen functional groups attached to an aromatic ring is 1. The van der Waals surface area contributed by atoms with Crippen LogP contribution >= 0.6 is 27.5 Å². The highest BCUT2D eigenvalue weighted by molar-refractivity contribution is 9.10. The number of carbonyl (C=O) groups excluding carboxylic acids is 1. The number of hydrogen-bond donors (Lipinski definition) is 2. The van der Waals surface area contributed by atoms with E-state index in [9.17, 15) is 9.18 Å². The van der Waals surface area contributed by atoms with Crippen LogP contribution in [0, 0.1) is 5.82 Å². The molecule has 98 valence electrons. The second-order valence-corrected chi connectivity index (χ2v) is 5.05. The first-order valence-corrected chi connectivity index (χ1v) is 6.46. The molecule has 6 heteroatoms. The average molecular weight is 344 g/mol. The summed E-state index contributed by atoms with van der Waals surface area (Å²) in [4.78, 5) is 12.0. The summed E-state index contributed by atoms with van der Waals surface area (Å²) >= 11 is 9.16. The molecule has 0 saturated heterocycles. The van der Waals surface area contributed by atoms with Gasteiger partial charge >= 0.3 is 0 Å². The lowest BCUT2D eigenvalue weighted by atomic mass is 10.1. The van der Waals surface area contributed by atoms with E-state index in [4.69, 9.17) is 17.3 Å². The number of nitrogens with one attached hydrogen (secondary N) is 1. The fraction of sp³-hybridized carbons (Fsp3) is 0.